The molecule has 0 radical (unpaired) electrons. The fraction of sp³-hybridized carbons (Fsp3) is 0.538. The standard InChI is InChI=1S/C13H19NO2/c1-9-4-5-12(13(6-9)15-3)10(2)14-11-7-16-8-11/h4-6,10-11,14H,7-8H2,1-3H3. The molecule has 3 nitrogen and oxygen atoms in total. The van der Waals surface area contributed by atoms with Crippen molar-refractivity contribution in [2.24, 2.45) is 0 Å². The van der Waals surface area contributed by atoms with E-state index in [2.05, 4.69) is 37.4 Å². The first-order chi connectivity index (χ1) is 7.70. The van der Waals surface area contributed by atoms with Gasteiger partial charge in [-0.3, -0.25) is 0 Å². The lowest BCUT2D eigenvalue weighted by Gasteiger charge is -2.30. The third-order valence-electron chi connectivity index (χ3n) is 2.98. The van der Waals surface area contributed by atoms with Crippen LogP contribution in [0.1, 0.15) is 24.1 Å². The highest BCUT2D eigenvalue weighted by Crippen LogP contribution is 2.26. The first-order valence-corrected chi connectivity index (χ1v) is 5.69. The number of rotatable bonds is 4. The molecule has 1 heterocycles. The van der Waals surface area contributed by atoms with Gasteiger partial charge in [0, 0.05) is 11.6 Å². The van der Waals surface area contributed by atoms with Crippen molar-refractivity contribution in [3.63, 3.8) is 0 Å². The number of aryl methyl sites for hydroxylation is 1. The van der Waals surface area contributed by atoms with E-state index in [1.807, 2.05) is 0 Å². The molecule has 1 aliphatic heterocycles. The second-order valence-electron chi connectivity index (χ2n) is 4.37. The van der Waals surface area contributed by atoms with Gasteiger partial charge in [-0.15, -0.1) is 0 Å². The van der Waals surface area contributed by atoms with E-state index in [4.69, 9.17) is 9.47 Å². The van der Waals surface area contributed by atoms with E-state index in [0.717, 1.165) is 19.0 Å². The second-order valence-corrected chi connectivity index (χ2v) is 4.37. The molecule has 1 saturated heterocycles. The van der Waals surface area contributed by atoms with Gasteiger partial charge in [0.05, 0.1) is 26.4 Å². The Morgan fingerprint density at radius 3 is 2.75 bits per heavy atom. The molecule has 0 bridgehead atoms. The molecule has 88 valence electrons. The average molecular weight is 221 g/mol. The van der Waals surface area contributed by atoms with Crippen LogP contribution in [0.4, 0.5) is 0 Å². The molecule has 0 aliphatic carbocycles. The fourth-order valence-corrected chi connectivity index (χ4v) is 1.95. The minimum atomic E-state index is 0.296. The van der Waals surface area contributed by atoms with E-state index in [1.54, 1.807) is 7.11 Å². The number of methoxy groups -OCH3 is 1. The van der Waals surface area contributed by atoms with Gasteiger partial charge in [0.1, 0.15) is 5.75 Å². The summed E-state index contributed by atoms with van der Waals surface area (Å²) in [6.07, 6.45) is 0. The summed E-state index contributed by atoms with van der Waals surface area (Å²) >= 11 is 0. The molecule has 16 heavy (non-hydrogen) atoms. The average Bonchev–Trinajstić information content (AvgIpc) is 2.23. The number of ether oxygens (including phenoxy) is 2. The molecule has 0 aromatic heterocycles. The van der Waals surface area contributed by atoms with E-state index >= 15 is 0 Å². The van der Waals surface area contributed by atoms with Crippen molar-refractivity contribution in [1.29, 1.82) is 0 Å². The summed E-state index contributed by atoms with van der Waals surface area (Å²) in [6, 6.07) is 7.11. The van der Waals surface area contributed by atoms with Gasteiger partial charge in [0.25, 0.3) is 0 Å². The van der Waals surface area contributed by atoms with Crippen LogP contribution in [0.15, 0.2) is 18.2 Å². The maximum atomic E-state index is 5.41. The van der Waals surface area contributed by atoms with E-state index in [0.29, 0.717) is 12.1 Å². The van der Waals surface area contributed by atoms with Crippen molar-refractivity contribution in [2.75, 3.05) is 20.3 Å². The van der Waals surface area contributed by atoms with E-state index in [-0.39, 0.29) is 0 Å². The van der Waals surface area contributed by atoms with Gasteiger partial charge < -0.3 is 14.8 Å². The molecule has 0 saturated carbocycles. The van der Waals surface area contributed by atoms with Gasteiger partial charge in [-0.05, 0) is 25.5 Å². The third kappa shape index (κ3) is 2.36. The summed E-state index contributed by atoms with van der Waals surface area (Å²) in [7, 11) is 1.72. The van der Waals surface area contributed by atoms with E-state index < -0.39 is 0 Å². The van der Waals surface area contributed by atoms with Crippen LogP contribution in [0.2, 0.25) is 0 Å². The lowest BCUT2D eigenvalue weighted by atomic mass is 10.0. The minimum Gasteiger partial charge on any atom is -0.496 e. The van der Waals surface area contributed by atoms with Crippen LogP contribution in [0.3, 0.4) is 0 Å². The molecule has 2 rings (SSSR count). The van der Waals surface area contributed by atoms with Crippen molar-refractivity contribution in [1.82, 2.24) is 5.32 Å². The summed E-state index contributed by atoms with van der Waals surface area (Å²) in [5.41, 5.74) is 2.43. The van der Waals surface area contributed by atoms with Gasteiger partial charge in [-0.1, -0.05) is 12.1 Å². The van der Waals surface area contributed by atoms with Gasteiger partial charge in [-0.2, -0.15) is 0 Å². The number of nitrogens with one attached hydrogen (secondary N) is 1. The highest BCUT2D eigenvalue weighted by atomic mass is 16.5. The Morgan fingerprint density at radius 2 is 2.19 bits per heavy atom. The van der Waals surface area contributed by atoms with Crippen molar-refractivity contribution in [2.45, 2.75) is 25.9 Å². The molecular formula is C13H19NO2. The minimum absolute atomic E-state index is 0.296. The Balaban J connectivity index is 2.11. The number of hydrogen-bond donors (Lipinski definition) is 1. The topological polar surface area (TPSA) is 30.5 Å². The highest BCUT2D eigenvalue weighted by Gasteiger charge is 2.21. The Labute approximate surface area is 96.8 Å². The molecule has 1 fully saturated rings. The third-order valence-corrected chi connectivity index (χ3v) is 2.98. The van der Waals surface area contributed by atoms with Crippen LogP contribution in [0.25, 0.3) is 0 Å². The molecule has 1 atom stereocenters. The zero-order chi connectivity index (χ0) is 11.5. The summed E-state index contributed by atoms with van der Waals surface area (Å²) in [6.45, 7) is 5.87. The normalized spacial score (nSPS) is 17.9. The molecule has 3 heteroatoms. The monoisotopic (exact) mass is 221 g/mol. The highest BCUT2D eigenvalue weighted by molar-refractivity contribution is 5.39. The van der Waals surface area contributed by atoms with E-state index in [9.17, 15) is 0 Å². The zero-order valence-corrected chi connectivity index (χ0v) is 10.1. The van der Waals surface area contributed by atoms with Crippen molar-refractivity contribution < 1.29 is 9.47 Å². The van der Waals surface area contributed by atoms with Crippen molar-refractivity contribution >= 4 is 0 Å². The van der Waals surface area contributed by atoms with Crippen LogP contribution in [0, 0.1) is 6.92 Å². The first-order valence-electron chi connectivity index (χ1n) is 5.69. The van der Waals surface area contributed by atoms with Gasteiger partial charge in [-0.25, -0.2) is 0 Å². The number of benzene rings is 1. The maximum Gasteiger partial charge on any atom is 0.123 e. The van der Waals surface area contributed by atoms with E-state index in [1.165, 1.54) is 11.1 Å². The lowest BCUT2D eigenvalue weighted by molar-refractivity contribution is -0.00934. The SMILES string of the molecule is COc1cc(C)ccc1C(C)NC1COC1. The summed E-state index contributed by atoms with van der Waals surface area (Å²) < 4.78 is 10.6. The maximum absolute atomic E-state index is 5.41. The molecule has 0 amide bonds. The fourth-order valence-electron chi connectivity index (χ4n) is 1.95. The van der Waals surface area contributed by atoms with Gasteiger partial charge >= 0.3 is 0 Å². The predicted molar refractivity (Wildman–Crippen MR) is 63.9 cm³/mol. The van der Waals surface area contributed by atoms with Gasteiger partial charge in [0.15, 0.2) is 0 Å². The van der Waals surface area contributed by atoms with Crippen LogP contribution >= 0.6 is 0 Å². The Morgan fingerprint density at radius 1 is 1.44 bits per heavy atom. The first kappa shape index (κ1) is 11.4. The molecule has 1 aliphatic rings. The number of hydrogen-bond acceptors (Lipinski definition) is 3. The van der Waals surface area contributed by atoms with Crippen LogP contribution in [0.5, 0.6) is 5.75 Å². The Bertz CT molecular complexity index is 361. The summed E-state index contributed by atoms with van der Waals surface area (Å²) in [5.74, 6) is 0.959. The van der Waals surface area contributed by atoms with Gasteiger partial charge in [0.2, 0.25) is 0 Å². The quantitative estimate of drug-likeness (QED) is 0.844. The van der Waals surface area contributed by atoms with Crippen LogP contribution < -0.4 is 10.1 Å². The second kappa shape index (κ2) is 4.85. The zero-order valence-electron chi connectivity index (χ0n) is 10.1. The summed E-state index contributed by atoms with van der Waals surface area (Å²) in [4.78, 5) is 0. The molecule has 0 spiro atoms. The largest absolute Gasteiger partial charge is 0.496 e. The molecule has 1 N–H and O–H groups in total. The van der Waals surface area contributed by atoms with Crippen LogP contribution in [-0.2, 0) is 4.74 Å². The molecular weight excluding hydrogens is 202 g/mol. The molecule has 1 aromatic rings. The van der Waals surface area contributed by atoms with Crippen molar-refractivity contribution in [3.05, 3.63) is 29.3 Å². The Hall–Kier alpha value is -1.06. The summed E-state index contributed by atoms with van der Waals surface area (Å²) in [5, 5.41) is 3.52. The van der Waals surface area contributed by atoms with Crippen molar-refractivity contribution in [3.8, 4) is 5.75 Å². The smallest absolute Gasteiger partial charge is 0.123 e. The molecule has 1 aromatic carbocycles. The Kier molecular flexibility index (Phi) is 3.46. The van der Waals surface area contributed by atoms with Crippen LogP contribution in [-0.4, -0.2) is 26.4 Å². The predicted octanol–water partition coefficient (Wildman–Crippen LogP) is 2.05. The lowest BCUT2D eigenvalue weighted by Crippen LogP contribution is -2.46. The molecule has 1 unspecified atom stereocenters.